The Morgan fingerprint density at radius 2 is 1.61 bits per heavy atom. The Morgan fingerprint density at radius 1 is 0.964 bits per heavy atom. The molecule has 0 radical (unpaired) electrons. The molecule has 1 aromatic carbocycles. The second kappa shape index (κ2) is 13.4. The fraction of sp³-hybridized carbons (Fsp3) is 0.591. The fourth-order valence-electron chi connectivity index (χ4n) is 2.68. The van der Waals surface area contributed by atoms with Crippen molar-refractivity contribution >= 4 is 5.97 Å². The molecule has 0 heterocycles. The highest BCUT2D eigenvalue weighted by atomic mass is 16.5. The fourth-order valence-corrected chi connectivity index (χ4v) is 2.68. The lowest BCUT2D eigenvalue weighted by molar-refractivity contribution is -0.143. The summed E-state index contributed by atoms with van der Waals surface area (Å²) in [7, 11) is 0. The molecule has 6 nitrogen and oxygen atoms in total. The summed E-state index contributed by atoms with van der Waals surface area (Å²) in [5.41, 5.74) is 1.19. The molecule has 0 aliphatic heterocycles. The van der Waals surface area contributed by atoms with Gasteiger partial charge >= 0.3 is 5.97 Å². The second-order valence-electron chi connectivity index (χ2n) is 6.40. The summed E-state index contributed by atoms with van der Waals surface area (Å²) in [5, 5.41) is 19.3. The monoisotopic (exact) mass is 386 g/mol. The lowest BCUT2D eigenvalue weighted by Crippen LogP contribution is -2.08. The first-order chi connectivity index (χ1) is 13.6. The molecule has 0 aliphatic rings. The zero-order chi connectivity index (χ0) is 20.8. The lowest BCUT2D eigenvalue weighted by atomic mass is 9.98. The maximum atomic E-state index is 11.6. The molecule has 0 saturated carbocycles. The number of aryl methyl sites for hydroxylation is 1. The first-order valence-corrected chi connectivity index (χ1v) is 10.0. The van der Waals surface area contributed by atoms with E-state index in [-0.39, 0.29) is 23.5 Å². The standard InChI is InChI=1S/C22H30N2O4/c1-4-7-12-27-20-14-17(10-9-11-21(25)26-6-3)22(28-13-8-5-2)19(16-24)18(20)15-23/h14H,4-13H2,1-3H3. The van der Waals surface area contributed by atoms with E-state index in [2.05, 4.69) is 26.0 Å². The average molecular weight is 386 g/mol. The molecule has 1 aromatic rings. The molecular weight excluding hydrogens is 356 g/mol. The third kappa shape index (κ3) is 7.12. The zero-order valence-electron chi connectivity index (χ0n) is 17.2. The molecule has 0 bridgehead atoms. The average Bonchev–Trinajstić information content (AvgIpc) is 2.69. The highest BCUT2D eigenvalue weighted by Gasteiger charge is 2.21. The highest BCUT2D eigenvalue weighted by molar-refractivity contribution is 5.69. The summed E-state index contributed by atoms with van der Waals surface area (Å²) in [5.74, 6) is 0.588. The van der Waals surface area contributed by atoms with Gasteiger partial charge in [-0.2, -0.15) is 10.5 Å². The van der Waals surface area contributed by atoms with Gasteiger partial charge in [-0.25, -0.2) is 0 Å². The van der Waals surface area contributed by atoms with Gasteiger partial charge in [0, 0.05) is 6.42 Å². The zero-order valence-corrected chi connectivity index (χ0v) is 17.2. The summed E-state index contributed by atoms with van der Waals surface area (Å²) < 4.78 is 16.6. The number of esters is 1. The molecule has 0 amide bonds. The number of nitriles is 2. The Labute approximate surface area is 168 Å². The van der Waals surface area contributed by atoms with Gasteiger partial charge in [0.2, 0.25) is 0 Å². The predicted octanol–water partition coefficient (Wildman–Crippen LogP) is 4.67. The minimum atomic E-state index is -0.246. The lowest BCUT2D eigenvalue weighted by Gasteiger charge is -2.17. The van der Waals surface area contributed by atoms with Gasteiger partial charge in [-0.05, 0) is 44.2 Å². The molecule has 0 aliphatic carbocycles. The molecule has 0 saturated heterocycles. The second-order valence-corrected chi connectivity index (χ2v) is 6.40. The van der Waals surface area contributed by atoms with Crippen molar-refractivity contribution in [2.75, 3.05) is 19.8 Å². The molecule has 0 N–H and O–H groups in total. The molecule has 28 heavy (non-hydrogen) atoms. The van der Waals surface area contributed by atoms with Crippen LogP contribution in [0.15, 0.2) is 6.07 Å². The number of carbonyl (C=O) groups is 1. The summed E-state index contributed by atoms with van der Waals surface area (Å²) in [6, 6.07) is 5.98. The Kier molecular flexibility index (Phi) is 11.2. The van der Waals surface area contributed by atoms with E-state index >= 15 is 0 Å². The number of hydrogen-bond donors (Lipinski definition) is 0. The Morgan fingerprint density at radius 3 is 2.18 bits per heavy atom. The Bertz CT molecular complexity index is 717. The van der Waals surface area contributed by atoms with Gasteiger partial charge in [0.05, 0.1) is 19.8 Å². The van der Waals surface area contributed by atoms with E-state index in [0.717, 1.165) is 31.2 Å². The van der Waals surface area contributed by atoms with Crippen molar-refractivity contribution in [2.45, 2.75) is 65.7 Å². The molecule has 0 spiro atoms. The van der Waals surface area contributed by atoms with Crippen LogP contribution in [-0.4, -0.2) is 25.8 Å². The molecule has 6 heteroatoms. The minimum Gasteiger partial charge on any atom is -0.492 e. The minimum absolute atomic E-state index is 0.207. The largest absolute Gasteiger partial charge is 0.492 e. The Balaban J connectivity index is 3.18. The normalized spacial score (nSPS) is 10.0. The van der Waals surface area contributed by atoms with Gasteiger partial charge in [-0.15, -0.1) is 0 Å². The summed E-state index contributed by atoms with van der Waals surface area (Å²) >= 11 is 0. The highest BCUT2D eigenvalue weighted by Crippen LogP contribution is 2.35. The van der Waals surface area contributed by atoms with Crippen LogP contribution < -0.4 is 9.47 Å². The van der Waals surface area contributed by atoms with Gasteiger partial charge in [0.25, 0.3) is 0 Å². The smallest absolute Gasteiger partial charge is 0.305 e. The van der Waals surface area contributed by atoms with Crippen molar-refractivity contribution in [2.24, 2.45) is 0 Å². The van der Waals surface area contributed by atoms with Crippen molar-refractivity contribution in [1.82, 2.24) is 0 Å². The van der Waals surface area contributed by atoms with Crippen molar-refractivity contribution in [3.63, 3.8) is 0 Å². The molecule has 152 valence electrons. The first kappa shape index (κ1) is 23.3. The third-order valence-electron chi connectivity index (χ3n) is 4.18. The van der Waals surface area contributed by atoms with E-state index in [9.17, 15) is 15.3 Å². The molecule has 1 rings (SSSR count). The number of hydrogen-bond acceptors (Lipinski definition) is 6. The van der Waals surface area contributed by atoms with Crippen LogP contribution in [-0.2, 0) is 16.0 Å². The topological polar surface area (TPSA) is 92.3 Å². The molecule has 0 aromatic heterocycles. The van der Waals surface area contributed by atoms with Crippen LogP contribution >= 0.6 is 0 Å². The van der Waals surface area contributed by atoms with E-state index in [1.165, 1.54) is 0 Å². The van der Waals surface area contributed by atoms with Crippen LogP contribution in [0.1, 0.15) is 76.0 Å². The van der Waals surface area contributed by atoms with Crippen molar-refractivity contribution in [3.05, 3.63) is 22.8 Å². The van der Waals surface area contributed by atoms with Crippen LogP contribution in [0.2, 0.25) is 0 Å². The van der Waals surface area contributed by atoms with E-state index in [0.29, 0.717) is 44.2 Å². The summed E-state index contributed by atoms with van der Waals surface area (Å²) in [6.07, 6.45) is 5.03. The summed E-state index contributed by atoms with van der Waals surface area (Å²) in [4.78, 5) is 11.6. The number of ether oxygens (including phenoxy) is 3. The van der Waals surface area contributed by atoms with Crippen molar-refractivity contribution < 1.29 is 19.0 Å². The van der Waals surface area contributed by atoms with Gasteiger partial charge in [0.1, 0.15) is 34.8 Å². The maximum Gasteiger partial charge on any atom is 0.305 e. The number of rotatable bonds is 13. The first-order valence-electron chi connectivity index (χ1n) is 10.0. The van der Waals surface area contributed by atoms with Crippen molar-refractivity contribution in [3.8, 4) is 23.6 Å². The molecule has 0 atom stereocenters. The predicted molar refractivity (Wildman–Crippen MR) is 106 cm³/mol. The number of nitrogens with zero attached hydrogens (tertiary/aromatic N) is 2. The molecule has 0 fully saturated rings. The van der Waals surface area contributed by atoms with Gasteiger partial charge < -0.3 is 14.2 Å². The third-order valence-corrected chi connectivity index (χ3v) is 4.18. The van der Waals surface area contributed by atoms with Crippen LogP contribution in [0.25, 0.3) is 0 Å². The van der Waals surface area contributed by atoms with E-state index < -0.39 is 0 Å². The van der Waals surface area contributed by atoms with Crippen LogP contribution in [0, 0.1) is 22.7 Å². The summed E-state index contributed by atoms with van der Waals surface area (Å²) in [6.45, 7) is 7.19. The van der Waals surface area contributed by atoms with E-state index in [1.54, 1.807) is 13.0 Å². The Hall–Kier alpha value is -2.73. The molecule has 0 unspecified atom stereocenters. The van der Waals surface area contributed by atoms with Crippen molar-refractivity contribution in [1.29, 1.82) is 10.5 Å². The van der Waals surface area contributed by atoms with Crippen LogP contribution in [0.5, 0.6) is 11.5 Å². The maximum absolute atomic E-state index is 11.6. The number of unbranched alkanes of at least 4 members (excludes halogenated alkanes) is 2. The quantitative estimate of drug-likeness (QED) is 0.361. The number of benzene rings is 1. The molecular formula is C22H30N2O4. The van der Waals surface area contributed by atoms with Gasteiger partial charge in [-0.1, -0.05) is 26.7 Å². The van der Waals surface area contributed by atoms with E-state index in [4.69, 9.17) is 14.2 Å². The van der Waals surface area contributed by atoms with Crippen LogP contribution in [0.4, 0.5) is 0 Å². The SMILES string of the molecule is CCCCOc1cc(CCCC(=O)OCC)c(OCCCC)c(C#N)c1C#N. The van der Waals surface area contributed by atoms with Gasteiger partial charge in [0.15, 0.2) is 0 Å². The number of carbonyl (C=O) groups excluding carboxylic acids is 1. The van der Waals surface area contributed by atoms with Crippen LogP contribution in [0.3, 0.4) is 0 Å². The van der Waals surface area contributed by atoms with Gasteiger partial charge in [-0.3, -0.25) is 4.79 Å². The van der Waals surface area contributed by atoms with E-state index in [1.807, 2.05) is 0 Å².